The minimum atomic E-state index is -1.26. The molecule has 20 heavy (non-hydrogen) atoms. The van der Waals surface area contributed by atoms with Gasteiger partial charge < -0.3 is 15.2 Å². The first kappa shape index (κ1) is 19.8. The summed E-state index contributed by atoms with van der Waals surface area (Å²) in [5, 5.41) is 17.1. The molecular formula is C16H36N2O2. The molecule has 0 aliphatic rings. The van der Waals surface area contributed by atoms with Crippen molar-refractivity contribution in [2.75, 3.05) is 19.7 Å². The Morgan fingerprint density at radius 3 is 2.25 bits per heavy atom. The Labute approximate surface area is 125 Å². The zero-order chi connectivity index (χ0) is 15.6. The Bertz CT molecular complexity index is 241. The van der Waals surface area contributed by atoms with E-state index in [-0.39, 0.29) is 0 Å². The van der Waals surface area contributed by atoms with Gasteiger partial charge in [0.25, 0.3) is 0 Å². The summed E-state index contributed by atoms with van der Waals surface area (Å²) < 4.78 is 5.52. The molecule has 2 unspecified atom stereocenters. The van der Waals surface area contributed by atoms with Crippen molar-refractivity contribution in [3.63, 3.8) is 0 Å². The fourth-order valence-electron chi connectivity index (χ4n) is 2.15. The van der Waals surface area contributed by atoms with Gasteiger partial charge >= 0.3 is 0 Å². The number of nitrogens with one attached hydrogen (secondary N) is 2. The molecule has 0 aromatic rings. The molecule has 4 nitrogen and oxygen atoms in total. The molecule has 0 bridgehead atoms. The van der Waals surface area contributed by atoms with Crippen LogP contribution in [0.2, 0.25) is 0 Å². The van der Waals surface area contributed by atoms with Crippen molar-refractivity contribution in [3.05, 3.63) is 0 Å². The van der Waals surface area contributed by atoms with Crippen molar-refractivity contribution in [3.8, 4) is 0 Å². The molecule has 0 amide bonds. The van der Waals surface area contributed by atoms with Crippen molar-refractivity contribution in [2.45, 2.75) is 79.2 Å². The fourth-order valence-corrected chi connectivity index (χ4v) is 2.15. The van der Waals surface area contributed by atoms with E-state index in [1.807, 2.05) is 6.92 Å². The van der Waals surface area contributed by atoms with E-state index in [2.05, 4.69) is 45.3 Å². The van der Waals surface area contributed by atoms with Gasteiger partial charge in [0.05, 0.1) is 6.54 Å². The third-order valence-electron chi connectivity index (χ3n) is 3.36. The number of ether oxygens (including phenoxy) is 1. The summed E-state index contributed by atoms with van der Waals surface area (Å²) in [6.45, 7) is 14.6. The van der Waals surface area contributed by atoms with Crippen LogP contribution in [0.1, 0.15) is 67.2 Å². The van der Waals surface area contributed by atoms with E-state index in [4.69, 9.17) is 4.74 Å². The number of hydrogen-bond donors (Lipinski definition) is 3. The number of aliphatic hydroxyl groups is 1. The number of hydrogen-bond acceptors (Lipinski definition) is 4. The molecule has 0 rings (SSSR count). The maximum atomic E-state index is 10.6. The molecule has 0 fully saturated rings. The second-order valence-electron chi connectivity index (χ2n) is 6.74. The molecule has 0 radical (unpaired) electrons. The van der Waals surface area contributed by atoms with Crippen molar-refractivity contribution in [1.29, 1.82) is 0 Å². The molecule has 0 spiro atoms. The molecule has 0 aromatic carbocycles. The fraction of sp³-hybridized carbons (Fsp3) is 1.00. The van der Waals surface area contributed by atoms with Gasteiger partial charge in [0.2, 0.25) is 5.91 Å². The summed E-state index contributed by atoms with van der Waals surface area (Å²) in [5.74, 6) is -1.26. The maximum absolute atomic E-state index is 10.6. The van der Waals surface area contributed by atoms with Gasteiger partial charge in [-0.2, -0.15) is 0 Å². The van der Waals surface area contributed by atoms with Gasteiger partial charge in [-0.25, -0.2) is 0 Å². The quantitative estimate of drug-likeness (QED) is 0.404. The van der Waals surface area contributed by atoms with Crippen LogP contribution in [-0.4, -0.2) is 36.8 Å². The molecular weight excluding hydrogens is 252 g/mol. The van der Waals surface area contributed by atoms with Crippen LogP contribution < -0.4 is 10.6 Å². The van der Waals surface area contributed by atoms with Gasteiger partial charge in [-0.1, -0.05) is 41.0 Å². The van der Waals surface area contributed by atoms with Crippen LogP contribution in [0.15, 0.2) is 0 Å². The molecule has 4 heteroatoms. The molecule has 2 atom stereocenters. The maximum Gasteiger partial charge on any atom is 0.238 e. The second-order valence-corrected chi connectivity index (χ2v) is 6.74. The summed E-state index contributed by atoms with van der Waals surface area (Å²) in [6.07, 6.45) is 4.21. The normalized spacial score (nSPS) is 16.9. The van der Waals surface area contributed by atoms with E-state index in [0.717, 1.165) is 32.2 Å². The van der Waals surface area contributed by atoms with E-state index in [1.54, 1.807) is 0 Å². The number of rotatable bonds is 11. The van der Waals surface area contributed by atoms with E-state index in [9.17, 15) is 5.11 Å². The Morgan fingerprint density at radius 1 is 1.15 bits per heavy atom. The standard InChI is InChI=1S/C16H36N2O2/c1-7-10-14(8-2)18-16(19,20-9-3)13-17-12-11-15(4,5)6/h14,17-19H,7-13H2,1-6H3. The smallest absolute Gasteiger partial charge is 0.238 e. The van der Waals surface area contributed by atoms with Crippen LogP contribution in [0.3, 0.4) is 0 Å². The molecule has 0 aliphatic carbocycles. The second kappa shape index (κ2) is 9.72. The molecule has 0 heterocycles. The molecule has 0 aliphatic heterocycles. The average molecular weight is 288 g/mol. The lowest BCUT2D eigenvalue weighted by Crippen LogP contribution is -2.58. The molecule has 122 valence electrons. The Hall–Kier alpha value is -0.160. The summed E-state index contributed by atoms with van der Waals surface area (Å²) in [7, 11) is 0. The SMILES string of the molecule is CCCC(CC)NC(O)(CNCCC(C)(C)C)OCC. The first-order valence-corrected chi connectivity index (χ1v) is 8.11. The minimum Gasteiger partial charge on any atom is -0.352 e. The van der Waals surface area contributed by atoms with Crippen LogP contribution in [0, 0.1) is 5.41 Å². The summed E-state index contributed by atoms with van der Waals surface area (Å²) in [6, 6.07) is 0.293. The van der Waals surface area contributed by atoms with Crippen molar-refractivity contribution < 1.29 is 9.84 Å². The molecule has 0 saturated carbocycles. The highest BCUT2D eigenvalue weighted by molar-refractivity contribution is 4.75. The zero-order valence-electron chi connectivity index (χ0n) is 14.4. The third kappa shape index (κ3) is 9.70. The van der Waals surface area contributed by atoms with Gasteiger partial charge in [0, 0.05) is 12.6 Å². The van der Waals surface area contributed by atoms with Crippen LogP contribution in [0.4, 0.5) is 0 Å². The van der Waals surface area contributed by atoms with Crippen molar-refractivity contribution >= 4 is 0 Å². The average Bonchev–Trinajstić information content (AvgIpc) is 2.33. The highest BCUT2D eigenvalue weighted by atomic mass is 16.6. The molecule has 3 N–H and O–H groups in total. The van der Waals surface area contributed by atoms with Gasteiger partial charge in [-0.05, 0) is 38.1 Å². The summed E-state index contributed by atoms with van der Waals surface area (Å²) in [4.78, 5) is 0. The van der Waals surface area contributed by atoms with Crippen LogP contribution in [-0.2, 0) is 4.74 Å². The highest BCUT2D eigenvalue weighted by Crippen LogP contribution is 2.17. The topological polar surface area (TPSA) is 53.5 Å². The predicted octanol–water partition coefficient (Wildman–Crippen LogP) is 2.86. The van der Waals surface area contributed by atoms with Crippen molar-refractivity contribution in [2.24, 2.45) is 5.41 Å². The van der Waals surface area contributed by atoms with Crippen molar-refractivity contribution in [1.82, 2.24) is 10.6 Å². The van der Waals surface area contributed by atoms with Gasteiger partial charge in [-0.15, -0.1) is 0 Å². The molecule has 0 aromatic heterocycles. The van der Waals surface area contributed by atoms with E-state index >= 15 is 0 Å². The zero-order valence-corrected chi connectivity index (χ0v) is 14.4. The lowest BCUT2D eigenvalue weighted by atomic mass is 9.92. The predicted molar refractivity (Wildman–Crippen MR) is 85.6 cm³/mol. The Balaban J connectivity index is 4.29. The van der Waals surface area contributed by atoms with E-state index < -0.39 is 5.91 Å². The van der Waals surface area contributed by atoms with Crippen LogP contribution in [0.5, 0.6) is 0 Å². The van der Waals surface area contributed by atoms with E-state index in [0.29, 0.717) is 24.6 Å². The third-order valence-corrected chi connectivity index (χ3v) is 3.36. The monoisotopic (exact) mass is 288 g/mol. The lowest BCUT2D eigenvalue weighted by molar-refractivity contribution is -0.224. The van der Waals surface area contributed by atoms with E-state index in [1.165, 1.54) is 0 Å². The molecule has 0 saturated heterocycles. The Morgan fingerprint density at radius 2 is 1.80 bits per heavy atom. The van der Waals surface area contributed by atoms with Gasteiger partial charge in [0.15, 0.2) is 0 Å². The van der Waals surface area contributed by atoms with Gasteiger partial charge in [-0.3, -0.25) is 5.32 Å². The van der Waals surface area contributed by atoms with Gasteiger partial charge in [0.1, 0.15) is 0 Å². The minimum absolute atomic E-state index is 0.293. The first-order valence-electron chi connectivity index (χ1n) is 8.11. The first-order chi connectivity index (χ1) is 9.26. The summed E-state index contributed by atoms with van der Waals surface area (Å²) in [5.41, 5.74) is 0.304. The summed E-state index contributed by atoms with van der Waals surface area (Å²) >= 11 is 0. The largest absolute Gasteiger partial charge is 0.352 e. The highest BCUT2D eigenvalue weighted by Gasteiger charge is 2.29. The van der Waals surface area contributed by atoms with Crippen LogP contribution >= 0.6 is 0 Å². The van der Waals surface area contributed by atoms with Crippen LogP contribution in [0.25, 0.3) is 0 Å². The Kier molecular flexibility index (Phi) is 9.64. The lowest BCUT2D eigenvalue weighted by Gasteiger charge is -2.33.